The van der Waals surface area contributed by atoms with E-state index in [1.165, 1.54) is 0 Å². The van der Waals surface area contributed by atoms with Crippen molar-refractivity contribution >= 4 is 15.9 Å². The lowest BCUT2D eigenvalue weighted by atomic mass is 9.93. The summed E-state index contributed by atoms with van der Waals surface area (Å²) in [6, 6.07) is 7.45. The first-order valence-electron chi connectivity index (χ1n) is 8.04. The topological polar surface area (TPSA) is 66.5 Å². The van der Waals surface area contributed by atoms with E-state index in [4.69, 9.17) is 0 Å². The Labute approximate surface area is 139 Å². The molecule has 0 radical (unpaired) electrons. The van der Waals surface area contributed by atoms with Crippen LogP contribution >= 0.6 is 0 Å². The first-order chi connectivity index (χ1) is 10.7. The fourth-order valence-corrected chi connectivity index (χ4v) is 4.61. The Morgan fingerprint density at radius 3 is 2.52 bits per heavy atom. The van der Waals surface area contributed by atoms with E-state index in [0.717, 1.165) is 11.1 Å². The molecule has 6 heteroatoms. The van der Waals surface area contributed by atoms with Gasteiger partial charge in [0.15, 0.2) is 9.84 Å². The number of nitrogens with one attached hydrogen (secondary N) is 1. The molecular formula is C17H26N2O3S. The Kier molecular flexibility index (Phi) is 5.34. The molecule has 1 aliphatic heterocycles. The van der Waals surface area contributed by atoms with E-state index in [1.54, 1.807) is 11.8 Å². The van der Waals surface area contributed by atoms with Gasteiger partial charge >= 0.3 is 6.03 Å². The van der Waals surface area contributed by atoms with Crippen LogP contribution in [0.2, 0.25) is 0 Å². The van der Waals surface area contributed by atoms with Crippen molar-refractivity contribution in [2.45, 2.75) is 39.8 Å². The smallest absolute Gasteiger partial charge is 0.318 e. The normalized spacial score (nSPS) is 22.0. The Bertz CT molecular complexity index is 670. The second-order valence-corrected chi connectivity index (χ2v) is 8.91. The zero-order valence-corrected chi connectivity index (χ0v) is 15.1. The molecule has 128 valence electrons. The van der Waals surface area contributed by atoms with Crippen molar-refractivity contribution in [3.63, 3.8) is 0 Å². The van der Waals surface area contributed by atoms with Crippen molar-refractivity contribution in [2.75, 3.05) is 18.1 Å². The van der Waals surface area contributed by atoms with Gasteiger partial charge in [-0.05, 0) is 30.9 Å². The predicted molar refractivity (Wildman–Crippen MR) is 92.1 cm³/mol. The molecule has 0 unspecified atom stereocenters. The van der Waals surface area contributed by atoms with Crippen LogP contribution in [0, 0.1) is 12.8 Å². The van der Waals surface area contributed by atoms with Gasteiger partial charge in [0.1, 0.15) is 0 Å². The largest absolute Gasteiger partial charge is 0.331 e. The molecule has 2 amide bonds. The van der Waals surface area contributed by atoms with Crippen LogP contribution in [0.5, 0.6) is 0 Å². The van der Waals surface area contributed by atoms with E-state index in [0.29, 0.717) is 0 Å². The molecule has 0 bridgehead atoms. The van der Waals surface area contributed by atoms with E-state index >= 15 is 0 Å². The van der Waals surface area contributed by atoms with Crippen molar-refractivity contribution in [2.24, 2.45) is 5.92 Å². The summed E-state index contributed by atoms with van der Waals surface area (Å²) in [5.74, 6) is 0.322. The van der Waals surface area contributed by atoms with E-state index in [1.807, 2.05) is 31.2 Å². The first-order valence-corrected chi connectivity index (χ1v) is 9.86. The van der Waals surface area contributed by atoms with Crippen molar-refractivity contribution < 1.29 is 13.2 Å². The molecule has 1 aromatic carbocycles. The number of hydrogen-bond donors (Lipinski definition) is 1. The molecule has 1 aliphatic rings. The highest BCUT2D eigenvalue weighted by Gasteiger charge is 2.32. The lowest BCUT2D eigenvalue weighted by Crippen LogP contribution is -2.54. The summed E-state index contributed by atoms with van der Waals surface area (Å²) < 4.78 is 23.3. The van der Waals surface area contributed by atoms with E-state index in [2.05, 4.69) is 19.2 Å². The number of benzene rings is 1. The van der Waals surface area contributed by atoms with Crippen molar-refractivity contribution in [3.05, 3.63) is 35.4 Å². The summed E-state index contributed by atoms with van der Waals surface area (Å²) in [6.07, 6.45) is 0. The number of nitrogens with zero attached hydrogens (tertiary/aromatic N) is 1. The Hall–Kier alpha value is -1.56. The van der Waals surface area contributed by atoms with Crippen molar-refractivity contribution in [1.29, 1.82) is 0 Å². The van der Waals surface area contributed by atoms with Crippen LogP contribution in [0.25, 0.3) is 0 Å². The summed E-state index contributed by atoms with van der Waals surface area (Å²) in [4.78, 5) is 14.3. The molecule has 1 heterocycles. The van der Waals surface area contributed by atoms with Crippen molar-refractivity contribution in [1.82, 2.24) is 10.2 Å². The maximum Gasteiger partial charge on any atom is 0.318 e. The number of aryl methyl sites for hydroxylation is 1. The molecule has 1 N–H and O–H groups in total. The summed E-state index contributed by atoms with van der Waals surface area (Å²) in [6.45, 7) is 8.22. The molecule has 1 aromatic rings. The molecule has 23 heavy (non-hydrogen) atoms. The fourth-order valence-electron chi connectivity index (χ4n) is 3.06. The van der Waals surface area contributed by atoms with Crippen LogP contribution in [0.1, 0.15) is 37.9 Å². The van der Waals surface area contributed by atoms with Gasteiger partial charge in [0.25, 0.3) is 0 Å². The summed E-state index contributed by atoms with van der Waals surface area (Å²) in [5.41, 5.74) is 2.24. The van der Waals surface area contributed by atoms with Gasteiger partial charge in [-0.3, -0.25) is 0 Å². The third-order valence-corrected chi connectivity index (χ3v) is 6.20. The Morgan fingerprint density at radius 2 is 1.96 bits per heavy atom. The second kappa shape index (κ2) is 6.91. The lowest BCUT2D eigenvalue weighted by Gasteiger charge is -2.35. The monoisotopic (exact) mass is 338 g/mol. The molecule has 0 aromatic heterocycles. The minimum Gasteiger partial charge on any atom is -0.331 e. The van der Waals surface area contributed by atoms with Gasteiger partial charge in [-0.2, -0.15) is 0 Å². The fraction of sp³-hybridized carbons (Fsp3) is 0.588. The minimum atomic E-state index is -3.02. The number of amides is 2. The standard InChI is InChI=1S/C17H26N2O3S/c1-12(2)16(15-8-6-5-7-13(15)3)18-17(20)19-9-10-23(21,22)11-14(19)4/h5-8,12,14,16H,9-11H2,1-4H3,(H,18,20)/t14-,16-/m0/s1. The van der Waals surface area contributed by atoms with Crippen molar-refractivity contribution in [3.8, 4) is 0 Å². The Balaban J connectivity index is 2.15. The lowest BCUT2D eigenvalue weighted by molar-refractivity contribution is 0.177. The van der Waals surface area contributed by atoms with Crippen LogP contribution < -0.4 is 5.32 Å². The van der Waals surface area contributed by atoms with Gasteiger partial charge in [0.05, 0.1) is 17.5 Å². The molecule has 1 fully saturated rings. The van der Waals surface area contributed by atoms with E-state index in [9.17, 15) is 13.2 Å². The SMILES string of the molecule is Cc1ccccc1[C@@H](NC(=O)N1CCS(=O)(=O)C[C@@H]1C)C(C)C. The van der Waals surface area contributed by atoms with Gasteiger partial charge in [0.2, 0.25) is 0 Å². The van der Waals surface area contributed by atoms with Gasteiger partial charge in [-0.1, -0.05) is 38.1 Å². The van der Waals surface area contributed by atoms with Crippen LogP contribution in [-0.4, -0.2) is 43.4 Å². The van der Waals surface area contributed by atoms with Crippen LogP contribution in [0.4, 0.5) is 4.79 Å². The quantitative estimate of drug-likeness (QED) is 0.921. The second-order valence-electron chi connectivity index (χ2n) is 6.68. The first kappa shape index (κ1) is 17.8. The molecular weight excluding hydrogens is 312 g/mol. The molecule has 5 nitrogen and oxygen atoms in total. The summed E-state index contributed by atoms with van der Waals surface area (Å²) in [7, 11) is -3.02. The third-order valence-electron chi connectivity index (χ3n) is 4.40. The average molecular weight is 338 g/mol. The number of sulfone groups is 1. The zero-order chi connectivity index (χ0) is 17.2. The van der Waals surface area contributed by atoms with E-state index < -0.39 is 9.84 Å². The molecule has 2 rings (SSSR count). The maximum atomic E-state index is 12.6. The Morgan fingerprint density at radius 1 is 1.30 bits per heavy atom. The molecule has 0 spiro atoms. The maximum absolute atomic E-state index is 12.6. The highest BCUT2D eigenvalue weighted by Crippen LogP contribution is 2.25. The highest BCUT2D eigenvalue weighted by atomic mass is 32.2. The number of urea groups is 1. The highest BCUT2D eigenvalue weighted by molar-refractivity contribution is 7.91. The molecule has 2 atom stereocenters. The van der Waals surface area contributed by atoms with Gasteiger partial charge in [0, 0.05) is 12.6 Å². The molecule has 0 aliphatic carbocycles. The van der Waals surface area contributed by atoms with Gasteiger partial charge < -0.3 is 10.2 Å². The number of carbonyl (C=O) groups is 1. The minimum absolute atomic E-state index is 0.0388. The predicted octanol–water partition coefficient (Wildman–Crippen LogP) is 2.52. The van der Waals surface area contributed by atoms with E-state index in [-0.39, 0.29) is 42.1 Å². The molecule has 0 saturated carbocycles. The van der Waals surface area contributed by atoms with Crippen LogP contribution in [0.3, 0.4) is 0 Å². The number of hydrogen-bond acceptors (Lipinski definition) is 3. The van der Waals surface area contributed by atoms with Gasteiger partial charge in [-0.15, -0.1) is 0 Å². The zero-order valence-electron chi connectivity index (χ0n) is 14.2. The number of carbonyl (C=O) groups excluding carboxylic acids is 1. The third kappa shape index (κ3) is 4.25. The van der Waals surface area contributed by atoms with Crippen LogP contribution in [0.15, 0.2) is 24.3 Å². The van der Waals surface area contributed by atoms with Crippen LogP contribution in [-0.2, 0) is 9.84 Å². The molecule has 1 saturated heterocycles. The average Bonchev–Trinajstić information content (AvgIpc) is 2.44. The summed E-state index contributed by atoms with van der Waals surface area (Å²) in [5, 5.41) is 3.09. The summed E-state index contributed by atoms with van der Waals surface area (Å²) >= 11 is 0. The number of rotatable bonds is 3. The van der Waals surface area contributed by atoms with Gasteiger partial charge in [-0.25, -0.2) is 13.2 Å².